The van der Waals surface area contributed by atoms with E-state index in [-0.39, 0.29) is 11.9 Å². The average Bonchev–Trinajstić information content (AvgIpc) is 2.31. The van der Waals surface area contributed by atoms with E-state index in [4.69, 9.17) is 5.73 Å². The molecule has 0 spiro atoms. The monoisotopic (exact) mass is 234 g/mol. The summed E-state index contributed by atoms with van der Waals surface area (Å²) in [6, 6.07) is 7.73. The van der Waals surface area contributed by atoms with E-state index >= 15 is 0 Å². The molecule has 0 saturated heterocycles. The number of hydrogen-bond donors (Lipinski definition) is 1. The number of amides is 1. The molecular weight excluding hydrogens is 212 g/mol. The Morgan fingerprint density at radius 1 is 1.41 bits per heavy atom. The zero-order chi connectivity index (χ0) is 12.8. The van der Waals surface area contributed by atoms with Gasteiger partial charge in [-0.1, -0.05) is 37.6 Å². The number of carbonyl (C=O) groups excluding carboxylic acids is 1. The second-order valence-corrected chi connectivity index (χ2v) is 4.52. The molecule has 0 aliphatic heterocycles. The molecular formula is C14H22N2O. The van der Waals surface area contributed by atoms with Crippen LogP contribution in [0, 0.1) is 6.92 Å². The fourth-order valence-corrected chi connectivity index (χ4v) is 1.84. The van der Waals surface area contributed by atoms with Gasteiger partial charge in [-0.25, -0.2) is 0 Å². The first kappa shape index (κ1) is 13.7. The van der Waals surface area contributed by atoms with E-state index in [1.54, 1.807) is 4.90 Å². The minimum absolute atomic E-state index is 0.0232. The van der Waals surface area contributed by atoms with Crippen molar-refractivity contribution in [3.05, 3.63) is 35.4 Å². The molecule has 1 atom stereocenters. The van der Waals surface area contributed by atoms with Gasteiger partial charge in [-0.3, -0.25) is 4.79 Å². The molecule has 1 amide bonds. The maximum atomic E-state index is 11.9. The van der Waals surface area contributed by atoms with Gasteiger partial charge in [0.1, 0.15) is 0 Å². The highest BCUT2D eigenvalue weighted by Crippen LogP contribution is 2.10. The van der Waals surface area contributed by atoms with E-state index in [1.807, 2.05) is 32.2 Å². The summed E-state index contributed by atoms with van der Waals surface area (Å²) >= 11 is 0. The van der Waals surface area contributed by atoms with Gasteiger partial charge in [0.25, 0.3) is 0 Å². The first-order valence-corrected chi connectivity index (χ1v) is 6.11. The predicted molar refractivity (Wildman–Crippen MR) is 70.5 cm³/mol. The fraction of sp³-hybridized carbons (Fsp3) is 0.500. The van der Waals surface area contributed by atoms with Crippen LogP contribution in [0.1, 0.15) is 30.9 Å². The third-order valence-electron chi connectivity index (χ3n) is 2.96. The van der Waals surface area contributed by atoms with E-state index in [0.29, 0.717) is 6.54 Å². The Balaban J connectivity index is 2.63. The van der Waals surface area contributed by atoms with Crippen LogP contribution in [-0.2, 0) is 11.3 Å². The summed E-state index contributed by atoms with van der Waals surface area (Å²) < 4.78 is 0. The first-order valence-electron chi connectivity index (χ1n) is 6.11. The van der Waals surface area contributed by atoms with E-state index in [1.165, 1.54) is 11.1 Å². The highest BCUT2D eigenvalue weighted by molar-refractivity contribution is 5.81. The molecule has 3 nitrogen and oxygen atoms in total. The van der Waals surface area contributed by atoms with Crippen molar-refractivity contribution in [1.29, 1.82) is 0 Å². The Hall–Kier alpha value is -1.35. The zero-order valence-electron chi connectivity index (χ0n) is 10.9. The van der Waals surface area contributed by atoms with Crippen LogP contribution in [0.4, 0.5) is 0 Å². The molecule has 1 rings (SSSR count). The molecule has 0 saturated carbocycles. The highest BCUT2D eigenvalue weighted by atomic mass is 16.2. The zero-order valence-corrected chi connectivity index (χ0v) is 10.9. The number of hydrogen-bond acceptors (Lipinski definition) is 2. The number of aryl methyl sites for hydroxylation is 1. The molecule has 0 aromatic heterocycles. The summed E-state index contributed by atoms with van der Waals surface area (Å²) in [7, 11) is 1.81. The number of likely N-dealkylation sites (N-methyl/N-ethyl adjacent to an activating group) is 1. The van der Waals surface area contributed by atoms with Crippen LogP contribution < -0.4 is 5.73 Å². The van der Waals surface area contributed by atoms with Crippen molar-refractivity contribution in [2.75, 3.05) is 7.05 Å². The average molecular weight is 234 g/mol. The van der Waals surface area contributed by atoms with E-state index in [9.17, 15) is 4.79 Å². The lowest BCUT2D eigenvalue weighted by molar-refractivity contribution is -0.132. The van der Waals surface area contributed by atoms with Crippen LogP contribution in [-0.4, -0.2) is 23.9 Å². The quantitative estimate of drug-likeness (QED) is 0.848. The van der Waals surface area contributed by atoms with E-state index < -0.39 is 0 Å². The molecule has 17 heavy (non-hydrogen) atoms. The number of nitrogens with two attached hydrogens (primary N) is 1. The maximum Gasteiger partial charge on any atom is 0.239 e. The largest absolute Gasteiger partial charge is 0.340 e. The Labute approximate surface area is 104 Å². The van der Waals surface area contributed by atoms with Crippen LogP contribution in [0.15, 0.2) is 24.3 Å². The van der Waals surface area contributed by atoms with Gasteiger partial charge in [0.2, 0.25) is 5.91 Å². The van der Waals surface area contributed by atoms with E-state index in [0.717, 1.165) is 12.8 Å². The van der Waals surface area contributed by atoms with Crippen molar-refractivity contribution >= 4 is 5.91 Å². The smallest absolute Gasteiger partial charge is 0.239 e. The summed E-state index contributed by atoms with van der Waals surface area (Å²) in [5, 5.41) is 0. The third kappa shape index (κ3) is 3.86. The van der Waals surface area contributed by atoms with Gasteiger partial charge in [0.15, 0.2) is 0 Å². The first-order chi connectivity index (χ1) is 8.06. The van der Waals surface area contributed by atoms with Gasteiger partial charge in [-0.2, -0.15) is 0 Å². The van der Waals surface area contributed by atoms with Gasteiger partial charge in [0, 0.05) is 13.6 Å². The second kappa shape index (κ2) is 6.40. The molecule has 2 N–H and O–H groups in total. The summed E-state index contributed by atoms with van der Waals surface area (Å²) in [4.78, 5) is 13.7. The normalized spacial score (nSPS) is 12.2. The number of benzene rings is 1. The molecule has 1 aromatic rings. The third-order valence-corrected chi connectivity index (χ3v) is 2.96. The molecule has 0 aliphatic carbocycles. The van der Waals surface area contributed by atoms with Crippen molar-refractivity contribution in [3.63, 3.8) is 0 Å². The standard InChI is InChI=1S/C14H22N2O/c1-4-7-13(15)14(17)16(3)10-12-9-6-5-8-11(12)2/h5-6,8-9,13H,4,7,10,15H2,1-3H3/t13-/m0/s1. The van der Waals surface area contributed by atoms with Crippen LogP contribution >= 0.6 is 0 Å². The maximum absolute atomic E-state index is 11.9. The molecule has 0 heterocycles. The van der Waals surface area contributed by atoms with Crippen LogP contribution in [0.2, 0.25) is 0 Å². The Kier molecular flexibility index (Phi) is 5.16. The molecule has 0 aliphatic rings. The van der Waals surface area contributed by atoms with Crippen molar-refractivity contribution in [2.24, 2.45) is 5.73 Å². The molecule has 94 valence electrons. The SMILES string of the molecule is CCC[C@H](N)C(=O)N(C)Cc1ccccc1C. The van der Waals surface area contributed by atoms with Crippen LogP contribution in [0.5, 0.6) is 0 Å². The number of nitrogens with zero attached hydrogens (tertiary/aromatic N) is 1. The molecule has 0 unspecified atom stereocenters. The topological polar surface area (TPSA) is 46.3 Å². The predicted octanol–water partition coefficient (Wildman–Crippen LogP) is 2.08. The van der Waals surface area contributed by atoms with Crippen LogP contribution in [0.25, 0.3) is 0 Å². The van der Waals surface area contributed by atoms with Crippen LogP contribution in [0.3, 0.4) is 0 Å². The van der Waals surface area contributed by atoms with Crippen molar-refractivity contribution in [3.8, 4) is 0 Å². The minimum Gasteiger partial charge on any atom is -0.340 e. The summed E-state index contributed by atoms with van der Waals surface area (Å²) in [5.74, 6) is 0.0232. The lowest BCUT2D eigenvalue weighted by Crippen LogP contribution is -2.41. The lowest BCUT2D eigenvalue weighted by Gasteiger charge is -2.22. The van der Waals surface area contributed by atoms with Crippen molar-refractivity contribution < 1.29 is 4.79 Å². The Bertz CT molecular complexity index is 376. The van der Waals surface area contributed by atoms with Gasteiger partial charge < -0.3 is 10.6 Å². The van der Waals surface area contributed by atoms with E-state index in [2.05, 4.69) is 13.0 Å². The van der Waals surface area contributed by atoms with Crippen molar-refractivity contribution in [1.82, 2.24) is 4.90 Å². The molecule has 1 aromatic carbocycles. The van der Waals surface area contributed by atoms with Gasteiger partial charge >= 0.3 is 0 Å². The molecule has 0 radical (unpaired) electrons. The molecule has 3 heteroatoms. The summed E-state index contributed by atoms with van der Waals surface area (Å²) in [6.07, 6.45) is 1.68. The Morgan fingerprint density at radius 3 is 2.65 bits per heavy atom. The van der Waals surface area contributed by atoms with Gasteiger partial charge in [-0.15, -0.1) is 0 Å². The number of carbonyl (C=O) groups is 1. The Morgan fingerprint density at radius 2 is 2.06 bits per heavy atom. The minimum atomic E-state index is -0.367. The van der Waals surface area contributed by atoms with Crippen molar-refractivity contribution in [2.45, 2.75) is 39.3 Å². The molecule has 0 bridgehead atoms. The summed E-state index contributed by atoms with van der Waals surface area (Å²) in [6.45, 7) is 4.72. The lowest BCUT2D eigenvalue weighted by atomic mass is 10.1. The molecule has 0 fully saturated rings. The van der Waals surface area contributed by atoms with Gasteiger partial charge in [0.05, 0.1) is 6.04 Å². The highest BCUT2D eigenvalue weighted by Gasteiger charge is 2.17. The fourth-order valence-electron chi connectivity index (χ4n) is 1.84. The second-order valence-electron chi connectivity index (χ2n) is 4.52. The summed E-state index contributed by atoms with van der Waals surface area (Å²) in [5.41, 5.74) is 8.21. The van der Waals surface area contributed by atoms with Gasteiger partial charge in [-0.05, 0) is 24.5 Å². The number of rotatable bonds is 5.